The SMILES string of the molecule is CCC(CC(C)(C)Br)NC(=O)OC(C)(C)C. The Morgan fingerprint density at radius 1 is 1.31 bits per heavy atom. The highest BCUT2D eigenvalue weighted by Crippen LogP contribution is 2.23. The molecule has 0 heterocycles. The van der Waals surface area contributed by atoms with Gasteiger partial charge >= 0.3 is 6.09 Å². The van der Waals surface area contributed by atoms with Crippen molar-refractivity contribution in [3.63, 3.8) is 0 Å². The van der Waals surface area contributed by atoms with Gasteiger partial charge in [-0.3, -0.25) is 0 Å². The quantitative estimate of drug-likeness (QED) is 0.800. The highest BCUT2D eigenvalue weighted by Gasteiger charge is 2.23. The van der Waals surface area contributed by atoms with Crippen molar-refractivity contribution in [2.75, 3.05) is 0 Å². The Kier molecular flexibility index (Phi) is 5.80. The number of carbonyl (C=O) groups excluding carboxylic acids is 1. The van der Waals surface area contributed by atoms with Crippen molar-refractivity contribution in [3.8, 4) is 0 Å². The fraction of sp³-hybridized carbons (Fsp3) is 0.917. The van der Waals surface area contributed by atoms with Gasteiger partial charge in [0.1, 0.15) is 5.60 Å². The van der Waals surface area contributed by atoms with E-state index in [4.69, 9.17) is 4.74 Å². The van der Waals surface area contributed by atoms with E-state index in [9.17, 15) is 4.79 Å². The predicted molar refractivity (Wildman–Crippen MR) is 71.1 cm³/mol. The maximum atomic E-state index is 11.6. The summed E-state index contributed by atoms with van der Waals surface area (Å²) in [5.74, 6) is 0. The molecule has 0 saturated heterocycles. The number of amides is 1. The fourth-order valence-electron chi connectivity index (χ4n) is 1.36. The first-order chi connectivity index (χ1) is 7.03. The first kappa shape index (κ1) is 15.8. The van der Waals surface area contributed by atoms with Crippen molar-refractivity contribution in [1.82, 2.24) is 5.32 Å². The Morgan fingerprint density at radius 2 is 1.81 bits per heavy atom. The first-order valence-electron chi connectivity index (χ1n) is 5.72. The number of nitrogens with one attached hydrogen (secondary N) is 1. The second-order valence-electron chi connectivity index (χ2n) is 5.67. The topological polar surface area (TPSA) is 38.3 Å². The largest absolute Gasteiger partial charge is 0.444 e. The third-order valence-corrected chi connectivity index (χ3v) is 2.27. The molecule has 0 aliphatic heterocycles. The van der Waals surface area contributed by atoms with E-state index in [1.54, 1.807) is 0 Å². The van der Waals surface area contributed by atoms with Crippen LogP contribution in [0.4, 0.5) is 4.79 Å². The second-order valence-corrected chi connectivity index (χ2v) is 7.82. The standard InChI is InChI=1S/C12H24BrNO2/c1-7-9(8-12(5,6)13)14-10(15)16-11(2,3)4/h9H,7-8H2,1-6H3,(H,14,15). The zero-order valence-electron chi connectivity index (χ0n) is 11.2. The summed E-state index contributed by atoms with van der Waals surface area (Å²) in [6.45, 7) is 11.8. The molecule has 0 spiro atoms. The van der Waals surface area contributed by atoms with Crippen LogP contribution in [-0.2, 0) is 4.74 Å². The van der Waals surface area contributed by atoms with Crippen LogP contribution >= 0.6 is 15.9 Å². The van der Waals surface area contributed by atoms with E-state index < -0.39 is 5.60 Å². The third-order valence-electron chi connectivity index (χ3n) is 1.95. The molecule has 4 heteroatoms. The summed E-state index contributed by atoms with van der Waals surface area (Å²) >= 11 is 3.58. The second kappa shape index (κ2) is 5.89. The van der Waals surface area contributed by atoms with Gasteiger partial charge in [-0.1, -0.05) is 22.9 Å². The molecule has 96 valence electrons. The molecule has 1 atom stereocenters. The van der Waals surface area contributed by atoms with Crippen LogP contribution in [0.15, 0.2) is 0 Å². The average molecular weight is 294 g/mol. The third kappa shape index (κ3) is 9.01. The van der Waals surface area contributed by atoms with Gasteiger partial charge in [0.25, 0.3) is 0 Å². The molecule has 0 aliphatic carbocycles. The number of hydrogen-bond donors (Lipinski definition) is 1. The van der Waals surface area contributed by atoms with Gasteiger partial charge in [0.2, 0.25) is 0 Å². The molecule has 0 aromatic heterocycles. The van der Waals surface area contributed by atoms with Crippen LogP contribution in [0.2, 0.25) is 0 Å². The Labute approximate surface area is 107 Å². The van der Waals surface area contributed by atoms with E-state index in [0.29, 0.717) is 0 Å². The minimum Gasteiger partial charge on any atom is -0.444 e. The number of alkyl halides is 1. The molecule has 16 heavy (non-hydrogen) atoms. The summed E-state index contributed by atoms with van der Waals surface area (Å²) in [7, 11) is 0. The molecular weight excluding hydrogens is 270 g/mol. The lowest BCUT2D eigenvalue weighted by Gasteiger charge is -2.26. The molecule has 1 unspecified atom stereocenters. The van der Waals surface area contributed by atoms with Crippen molar-refractivity contribution in [1.29, 1.82) is 0 Å². The molecule has 0 fully saturated rings. The van der Waals surface area contributed by atoms with E-state index in [2.05, 4.69) is 42.0 Å². The monoisotopic (exact) mass is 293 g/mol. The number of halogens is 1. The van der Waals surface area contributed by atoms with Gasteiger partial charge in [0, 0.05) is 10.4 Å². The lowest BCUT2D eigenvalue weighted by molar-refractivity contribution is 0.0499. The van der Waals surface area contributed by atoms with Gasteiger partial charge < -0.3 is 10.1 Å². The maximum absolute atomic E-state index is 11.6. The normalized spacial score (nSPS) is 14.4. The van der Waals surface area contributed by atoms with Crippen LogP contribution in [0.25, 0.3) is 0 Å². The molecule has 1 amide bonds. The molecule has 0 aliphatic rings. The lowest BCUT2D eigenvalue weighted by Crippen LogP contribution is -2.41. The van der Waals surface area contributed by atoms with Crippen LogP contribution < -0.4 is 5.32 Å². The number of carbonyl (C=O) groups is 1. The van der Waals surface area contributed by atoms with E-state index in [-0.39, 0.29) is 16.5 Å². The van der Waals surface area contributed by atoms with Gasteiger partial charge in [-0.2, -0.15) is 0 Å². The lowest BCUT2D eigenvalue weighted by atomic mass is 10.0. The Balaban J connectivity index is 4.18. The van der Waals surface area contributed by atoms with Crippen molar-refractivity contribution < 1.29 is 9.53 Å². The minimum absolute atomic E-state index is 0.0304. The van der Waals surface area contributed by atoms with E-state index in [0.717, 1.165) is 12.8 Å². The summed E-state index contributed by atoms with van der Waals surface area (Å²) in [6.07, 6.45) is 1.44. The highest BCUT2D eigenvalue weighted by molar-refractivity contribution is 9.10. The van der Waals surface area contributed by atoms with E-state index in [1.165, 1.54) is 0 Å². The molecule has 0 radical (unpaired) electrons. The molecule has 0 bridgehead atoms. The first-order valence-corrected chi connectivity index (χ1v) is 6.51. The van der Waals surface area contributed by atoms with Gasteiger partial charge in [-0.25, -0.2) is 4.79 Å². The molecule has 0 aromatic rings. The molecule has 0 rings (SSSR count). The summed E-state index contributed by atoms with van der Waals surface area (Å²) in [6, 6.07) is 0.143. The zero-order chi connectivity index (χ0) is 13.0. The number of ether oxygens (including phenoxy) is 1. The summed E-state index contributed by atoms with van der Waals surface area (Å²) < 4.78 is 5.25. The number of rotatable bonds is 4. The van der Waals surface area contributed by atoms with Gasteiger partial charge in [-0.15, -0.1) is 0 Å². The van der Waals surface area contributed by atoms with Crippen molar-refractivity contribution in [3.05, 3.63) is 0 Å². The number of hydrogen-bond acceptors (Lipinski definition) is 2. The summed E-state index contributed by atoms with van der Waals surface area (Å²) in [4.78, 5) is 11.6. The van der Waals surface area contributed by atoms with Crippen molar-refractivity contribution in [2.45, 2.75) is 70.4 Å². The van der Waals surface area contributed by atoms with Crippen molar-refractivity contribution >= 4 is 22.0 Å². The molecular formula is C12H24BrNO2. The van der Waals surface area contributed by atoms with Crippen LogP contribution in [0, 0.1) is 0 Å². The minimum atomic E-state index is -0.438. The Bertz CT molecular complexity index is 228. The summed E-state index contributed by atoms with van der Waals surface area (Å²) in [5.41, 5.74) is -0.438. The van der Waals surface area contributed by atoms with Crippen molar-refractivity contribution in [2.24, 2.45) is 0 Å². The zero-order valence-corrected chi connectivity index (χ0v) is 12.8. The molecule has 0 saturated carbocycles. The predicted octanol–water partition coefficient (Wildman–Crippen LogP) is 3.85. The van der Waals surface area contributed by atoms with Gasteiger partial charge in [-0.05, 0) is 47.5 Å². The number of alkyl carbamates (subject to hydrolysis) is 1. The molecule has 1 N–H and O–H groups in total. The Hall–Kier alpha value is -0.250. The molecule has 3 nitrogen and oxygen atoms in total. The highest BCUT2D eigenvalue weighted by atomic mass is 79.9. The van der Waals surface area contributed by atoms with Crippen LogP contribution in [0.3, 0.4) is 0 Å². The fourth-order valence-corrected chi connectivity index (χ4v) is 1.75. The molecule has 0 aromatic carbocycles. The van der Waals surface area contributed by atoms with Crippen LogP contribution in [0.1, 0.15) is 54.4 Å². The van der Waals surface area contributed by atoms with Gasteiger partial charge in [0.15, 0.2) is 0 Å². The maximum Gasteiger partial charge on any atom is 0.407 e. The smallest absolute Gasteiger partial charge is 0.407 e. The van der Waals surface area contributed by atoms with Gasteiger partial charge in [0.05, 0.1) is 0 Å². The summed E-state index contributed by atoms with van der Waals surface area (Å²) in [5, 5.41) is 2.89. The van der Waals surface area contributed by atoms with E-state index >= 15 is 0 Å². The van der Waals surface area contributed by atoms with Crippen LogP contribution in [0.5, 0.6) is 0 Å². The average Bonchev–Trinajstić information content (AvgIpc) is 1.96. The van der Waals surface area contributed by atoms with Crippen LogP contribution in [-0.4, -0.2) is 22.1 Å². The van der Waals surface area contributed by atoms with E-state index in [1.807, 2.05) is 20.8 Å². The Morgan fingerprint density at radius 3 is 2.12 bits per heavy atom.